The van der Waals surface area contributed by atoms with E-state index in [0.29, 0.717) is 6.42 Å². The van der Waals surface area contributed by atoms with Crippen LogP contribution in [0.4, 0.5) is 0 Å². The molecule has 0 aromatic rings. The summed E-state index contributed by atoms with van der Waals surface area (Å²) in [6.07, 6.45) is 0.595. The largest absolute Gasteiger partial charge is 0.460 e. The molecular weight excluding hydrogens is 212 g/mol. The van der Waals surface area contributed by atoms with E-state index in [1.54, 1.807) is 32.5 Å². The Balaban J connectivity index is 2.54. The zero-order chi connectivity index (χ0) is 11.4. The molecule has 0 unspecified atom stereocenters. The second kappa shape index (κ2) is 5.35. The fourth-order valence-electron chi connectivity index (χ4n) is 1.17. The molecule has 0 N–H and O–H groups in total. The lowest BCUT2D eigenvalue weighted by Crippen LogP contribution is -2.16. The zero-order valence-electron chi connectivity index (χ0n) is 9.33. The molecule has 0 spiro atoms. The topological polar surface area (TPSA) is 43.4 Å². The molecular formula is C11H16O3S. The molecule has 0 bridgehead atoms. The molecule has 1 rings (SSSR count). The molecule has 0 atom stereocenters. The van der Waals surface area contributed by atoms with Gasteiger partial charge in [-0.05, 0) is 6.92 Å². The van der Waals surface area contributed by atoms with E-state index in [-0.39, 0.29) is 24.3 Å². The molecule has 0 aromatic heterocycles. The average molecular weight is 228 g/mol. The van der Waals surface area contributed by atoms with Crippen LogP contribution in [0.1, 0.15) is 27.2 Å². The fraction of sp³-hybridized carbons (Fsp3) is 0.636. The maximum atomic E-state index is 11.4. The number of ether oxygens (including phenoxy) is 1. The van der Waals surface area contributed by atoms with Crippen molar-refractivity contribution in [3.63, 3.8) is 0 Å². The third kappa shape index (κ3) is 3.38. The van der Waals surface area contributed by atoms with Crippen LogP contribution in [-0.4, -0.2) is 24.1 Å². The highest BCUT2D eigenvalue weighted by Crippen LogP contribution is 2.27. The number of Topliss-reactive ketones (excluding diaryl/α,β-unsaturated/α-hetero) is 1. The van der Waals surface area contributed by atoms with Crippen LogP contribution >= 0.6 is 11.8 Å². The molecule has 0 fully saturated rings. The lowest BCUT2D eigenvalue weighted by molar-refractivity contribution is -0.146. The Morgan fingerprint density at radius 3 is 2.80 bits per heavy atom. The molecule has 15 heavy (non-hydrogen) atoms. The molecule has 1 aliphatic heterocycles. The van der Waals surface area contributed by atoms with E-state index < -0.39 is 0 Å². The Morgan fingerprint density at radius 2 is 2.20 bits per heavy atom. The number of hydrogen-bond acceptors (Lipinski definition) is 4. The molecule has 0 saturated heterocycles. The Kier molecular flexibility index (Phi) is 4.39. The summed E-state index contributed by atoms with van der Waals surface area (Å²) in [6, 6.07) is 0. The van der Waals surface area contributed by atoms with Gasteiger partial charge in [-0.15, -0.1) is 11.8 Å². The number of thioether (sulfide) groups is 1. The summed E-state index contributed by atoms with van der Waals surface area (Å²) in [4.78, 5) is 23.5. The van der Waals surface area contributed by atoms with Crippen molar-refractivity contribution in [3.8, 4) is 0 Å². The van der Waals surface area contributed by atoms with Crippen LogP contribution in [0.2, 0.25) is 0 Å². The van der Waals surface area contributed by atoms with Gasteiger partial charge in [0.15, 0.2) is 5.78 Å². The molecule has 0 aromatic carbocycles. The number of ketones is 1. The van der Waals surface area contributed by atoms with Gasteiger partial charge in [-0.1, -0.05) is 13.8 Å². The maximum absolute atomic E-state index is 11.4. The third-order valence-electron chi connectivity index (χ3n) is 2.26. The number of carbonyl (C=O) groups is 2. The van der Waals surface area contributed by atoms with Gasteiger partial charge in [-0.2, -0.15) is 0 Å². The highest BCUT2D eigenvalue weighted by Gasteiger charge is 2.19. The summed E-state index contributed by atoms with van der Waals surface area (Å²) in [5.74, 6) is 0.638. The standard InChI is InChI=1S/C11H16O3S/c1-7(2)11(13)14-6-10-8(3)9(12)4-5-15-10/h7H,4-6H2,1-3H3. The second-order valence-electron chi connectivity index (χ2n) is 3.83. The van der Waals surface area contributed by atoms with E-state index >= 15 is 0 Å². The SMILES string of the molecule is CC1=C(COC(=O)C(C)C)SCCC1=O. The molecule has 0 radical (unpaired) electrons. The lowest BCUT2D eigenvalue weighted by Gasteiger charge is -2.16. The van der Waals surface area contributed by atoms with E-state index in [9.17, 15) is 9.59 Å². The monoisotopic (exact) mass is 228 g/mol. The highest BCUT2D eigenvalue weighted by molar-refractivity contribution is 8.03. The number of esters is 1. The fourth-order valence-corrected chi connectivity index (χ4v) is 2.18. The van der Waals surface area contributed by atoms with Crippen LogP contribution in [0.25, 0.3) is 0 Å². The predicted octanol–water partition coefficient (Wildman–Crippen LogP) is 2.17. The Hall–Kier alpha value is -0.770. The Bertz CT molecular complexity index is 305. The number of hydrogen-bond donors (Lipinski definition) is 0. The first-order valence-electron chi connectivity index (χ1n) is 5.04. The van der Waals surface area contributed by atoms with E-state index in [4.69, 9.17) is 4.74 Å². The summed E-state index contributed by atoms with van der Waals surface area (Å²) in [5, 5.41) is 0. The predicted molar refractivity (Wildman–Crippen MR) is 60.6 cm³/mol. The number of carbonyl (C=O) groups excluding carboxylic acids is 2. The van der Waals surface area contributed by atoms with Crippen molar-refractivity contribution >= 4 is 23.5 Å². The van der Waals surface area contributed by atoms with Crippen molar-refractivity contribution in [1.82, 2.24) is 0 Å². The average Bonchev–Trinajstić information content (AvgIpc) is 2.19. The van der Waals surface area contributed by atoms with Crippen LogP contribution < -0.4 is 0 Å². The number of rotatable bonds is 3. The summed E-state index contributed by atoms with van der Waals surface area (Å²) in [5.41, 5.74) is 0.753. The van der Waals surface area contributed by atoms with E-state index in [1.807, 2.05) is 0 Å². The summed E-state index contributed by atoms with van der Waals surface area (Å²) in [6.45, 7) is 5.64. The first-order valence-corrected chi connectivity index (χ1v) is 6.03. The highest BCUT2D eigenvalue weighted by atomic mass is 32.2. The minimum absolute atomic E-state index is 0.116. The maximum Gasteiger partial charge on any atom is 0.308 e. The minimum atomic E-state index is -0.214. The van der Waals surface area contributed by atoms with E-state index in [1.165, 1.54) is 0 Å². The molecule has 0 saturated carbocycles. The molecule has 1 heterocycles. The van der Waals surface area contributed by atoms with Gasteiger partial charge in [0.25, 0.3) is 0 Å². The molecule has 84 valence electrons. The first-order chi connectivity index (χ1) is 7.02. The summed E-state index contributed by atoms with van der Waals surface area (Å²) in [7, 11) is 0. The molecule has 0 amide bonds. The number of allylic oxidation sites excluding steroid dienone is 1. The van der Waals surface area contributed by atoms with Gasteiger partial charge in [0.05, 0.1) is 5.92 Å². The summed E-state index contributed by atoms with van der Waals surface area (Å²) >= 11 is 1.61. The smallest absolute Gasteiger partial charge is 0.308 e. The molecule has 3 nitrogen and oxygen atoms in total. The van der Waals surface area contributed by atoms with Crippen molar-refractivity contribution in [3.05, 3.63) is 10.5 Å². The summed E-state index contributed by atoms with van der Waals surface area (Å²) < 4.78 is 5.09. The Labute approximate surface area is 94.3 Å². The van der Waals surface area contributed by atoms with Crippen LogP contribution in [-0.2, 0) is 14.3 Å². The van der Waals surface area contributed by atoms with Gasteiger partial charge in [-0.3, -0.25) is 9.59 Å². The zero-order valence-corrected chi connectivity index (χ0v) is 10.1. The van der Waals surface area contributed by atoms with Crippen molar-refractivity contribution in [2.45, 2.75) is 27.2 Å². The molecule has 0 aliphatic carbocycles. The lowest BCUT2D eigenvalue weighted by atomic mass is 10.1. The molecule has 1 aliphatic rings. The quantitative estimate of drug-likeness (QED) is 0.694. The van der Waals surface area contributed by atoms with Crippen LogP contribution in [0.3, 0.4) is 0 Å². The first kappa shape index (κ1) is 12.3. The van der Waals surface area contributed by atoms with Crippen molar-refractivity contribution < 1.29 is 14.3 Å². The van der Waals surface area contributed by atoms with Gasteiger partial charge < -0.3 is 4.74 Å². The van der Waals surface area contributed by atoms with Crippen molar-refractivity contribution in [1.29, 1.82) is 0 Å². The second-order valence-corrected chi connectivity index (χ2v) is 5.02. The van der Waals surface area contributed by atoms with Gasteiger partial charge in [0, 0.05) is 22.7 Å². The van der Waals surface area contributed by atoms with Crippen LogP contribution in [0, 0.1) is 5.92 Å². The Morgan fingerprint density at radius 1 is 1.53 bits per heavy atom. The minimum Gasteiger partial charge on any atom is -0.460 e. The van der Waals surface area contributed by atoms with E-state index in [0.717, 1.165) is 16.2 Å². The van der Waals surface area contributed by atoms with Crippen LogP contribution in [0.5, 0.6) is 0 Å². The van der Waals surface area contributed by atoms with E-state index in [2.05, 4.69) is 0 Å². The third-order valence-corrected chi connectivity index (χ3v) is 3.44. The van der Waals surface area contributed by atoms with Gasteiger partial charge in [0.1, 0.15) is 6.61 Å². The van der Waals surface area contributed by atoms with Gasteiger partial charge >= 0.3 is 5.97 Å². The van der Waals surface area contributed by atoms with Crippen molar-refractivity contribution in [2.75, 3.05) is 12.4 Å². The van der Waals surface area contributed by atoms with Crippen molar-refractivity contribution in [2.24, 2.45) is 5.92 Å². The van der Waals surface area contributed by atoms with Gasteiger partial charge in [0.2, 0.25) is 0 Å². The van der Waals surface area contributed by atoms with Crippen LogP contribution in [0.15, 0.2) is 10.5 Å². The normalized spacial score (nSPS) is 17.2. The molecule has 4 heteroatoms. The van der Waals surface area contributed by atoms with Gasteiger partial charge in [-0.25, -0.2) is 0 Å².